The van der Waals surface area contributed by atoms with Crippen molar-refractivity contribution in [1.29, 1.82) is 0 Å². The van der Waals surface area contributed by atoms with E-state index in [0.717, 1.165) is 32.4 Å². The summed E-state index contributed by atoms with van der Waals surface area (Å²) < 4.78 is 12.0. The average molecular weight is 491 g/mol. The molecule has 0 radical (unpaired) electrons. The van der Waals surface area contributed by atoms with Gasteiger partial charge in [-0.1, -0.05) is 33.6 Å². The summed E-state index contributed by atoms with van der Waals surface area (Å²) in [6.07, 6.45) is 0.138. The van der Waals surface area contributed by atoms with Crippen LogP contribution in [0.25, 0.3) is 0 Å². The lowest BCUT2D eigenvalue weighted by atomic mass is 10.1. The van der Waals surface area contributed by atoms with Crippen LogP contribution in [0.15, 0.2) is 28.7 Å². The number of nitrogens with one attached hydrogen (secondary N) is 1. The van der Waals surface area contributed by atoms with Crippen LogP contribution in [0.5, 0.6) is 11.5 Å². The Balaban J connectivity index is 2.07. The van der Waals surface area contributed by atoms with Crippen LogP contribution in [0.2, 0.25) is 0 Å². The van der Waals surface area contributed by atoms with Crippen LogP contribution in [0.4, 0.5) is 5.69 Å². The zero-order valence-electron chi connectivity index (χ0n) is 19.1. The molecule has 6 nitrogen and oxygen atoms in total. The molecule has 0 aliphatic heterocycles. The van der Waals surface area contributed by atoms with Gasteiger partial charge in [-0.15, -0.1) is 0 Å². The minimum absolute atomic E-state index is 0.0292. The zero-order chi connectivity index (χ0) is 23.1. The van der Waals surface area contributed by atoms with Crippen molar-refractivity contribution < 1.29 is 19.1 Å². The lowest BCUT2D eigenvalue weighted by Gasteiger charge is -2.19. The number of halogens is 1. The van der Waals surface area contributed by atoms with Crippen molar-refractivity contribution in [1.82, 2.24) is 4.90 Å². The topological polar surface area (TPSA) is 67.9 Å². The third kappa shape index (κ3) is 6.72. The molecule has 31 heavy (non-hydrogen) atoms. The Morgan fingerprint density at radius 2 is 1.52 bits per heavy atom. The summed E-state index contributed by atoms with van der Waals surface area (Å²) in [7, 11) is 1.63. The van der Waals surface area contributed by atoms with Gasteiger partial charge in [0, 0.05) is 17.2 Å². The van der Waals surface area contributed by atoms with E-state index in [2.05, 4.69) is 21.2 Å². The standard InChI is InChI=1S/C24H31BrN2O4/c1-7-30-20-11-18(19(25)13-21(20)31-8-2)12-23(29)27(6)14-22(28)26-24-16(4)9-15(3)10-17(24)5/h9-11,13H,7-8,12,14H2,1-6H3,(H,26,28). The number of benzene rings is 2. The van der Waals surface area contributed by atoms with E-state index in [1.165, 1.54) is 4.90 Å². The molecule has 0 atom stereocenters. The number of amides is 2. The quantitative estimate of drug-likeness (QED) is 0.547. The Hall–Kier alpha value is -2.54. The normalized spacial score (nSPS) is 10.5. The molecule has 0 saturated carbocycles. The van der Waals surface area contributed by atoms with Gasteiger partial charge >= 0.3 is 0 Å². The van der Waals surface area contributed by atoms with E-state index in [0.29, 0.717) is 24.7 Å². The van der Waals surface area contributed by atoms with Gasteiger partial charge in [0.15, 0.2) is 11.5 Å². The highest BCUT2D eigenvalue weighted by molar-refractivity contribution is 9.10. The molecule has 0 aliphatic carbocycles. The molecular formula is C24H31BrN2O4. The molecule has 2 aromatic rings. The summed E-state index contributed by atoms with van der Waals surface area (Å²) in [6, 6.07) is 7.67. The predicted octanol–water partition coefficient (Wildman–Crippen LogP) is 4.81. The molecule has 0 fully saturated rings. The molecule has 7 heteroatoms. The molecule has 0 bridgehead atoms. The number of hydrogen-bond acceptors (Lipinski definition) is 4. The summed E-state index contributed by atoms with van der Waals surface area (Å²) >= 11 is 3.51. The Labute approximate surface area is 193 Å². The molecule has 0 unspecified atom stereocenters. The first-order valence-corrected chi connectivity index (χ1v) is 11.1. The lowest BCUT2D eigenvalue weighted by molar-refractivity contribution is -0.132. The fourth-order valence-corrected chi connectivity index (χ4v) is 3.87. The van der Waals surface area contributed by atoms with Crippen LogP contribution in [-0.2, 0) is 16.0 Å². The first kappa shape index (κ1) is 24.7. The molecule has 0 aliphatic rings. The van der Waals surface area contributed by atoms with Gasteiger partial charge in [-0.05, 0) is 63.4 Å². The summed E-state index contributed by atoms with van der Waals surface area (Å²) in [5.74, 6) is 0.830. The molecule has 2 rings (SSSR count). The van der Waals surface area contributed by atoms with Crippen LogP contribution >= 0.6 is 15.9 Å². The number of aryl methyl sites for hydroxylation is 3. The van der Waals surface area contributed by atoms with Gasteiger partial charge in [-0.2, -0.15) is 0 Å². The summed E-state index contributed by atoms with van der Waals surface area (Å²) in [5.41, 5.74) is 4.72. The smallest absolute Gasteiger partial charge is 0.243 e. The minimum Gasteiger partial charge on any atom is -0.490 e. The second-order valence-electron chi connectivity index (χ2n) is 7.50. The van der Waals surface area contributed by atoms with Gasteiger partial charge < -0.3 is 19.7 Å². The third-order valence-corrected chi connectivity index (χ3v) is 5.54. The van der Waals surface area contributed by atoms with Gasteiger partial charge in [-0.3, -0.25) is 9.59 Å². The molecule has 2 aromatic carbocycles. The zero-order valence-corrected chi connectivity index (χ0v) is 20.7. The summed E-state index contributed by atoms with van der Waals surface area (Å²) in [5, 5.41) is 2.94. The van der Waals surface area contributed by atoms with Gasteiger partial charge in [0.05, 0.1) is 26.2 Å². The van der Waals surface area contributed by atoms with Crippen LogP contribution < -0.4 is 14.8 Å². The summed E-state index contributed by atoms with van der Waals surface area (Å²) in [6.45, 7) is 10.7. The van der Waals surface area contributed by atoms with E-state index in [9.17, 15) is 9.59 Å². The van der Waals surface area contributed by atoms with Gasteiger partial charge in [0.2, 0.25) is 11.8 Å². The van der Waals surface area contributed by atoms with Crippen molar-refractivity contribution in [3.63, 3.8) is 0 Å². The van der Waals surface area contributed by atoms with Crippen molar-refractivity contribution >= 4 is 33.4 Å². The fraction of sp³-hybridized carbons (Fsp3) is 0.417. The molecule has 0 aromatic heterocycles. The molecule has 0 spiro atoms. The number of likely N-dealkylation sites (N-methyl/N-ethyl adjacent to an activating group) is 1. The summed E-state index contributed by atoms with van der Waals surface area (Å²) in [4.78, 5) is 26.7. The number of hydrogen-bond donors (Lipinski definition) is 1. The van der Waals surface area contributed by atoms with Crippen LogP contribution in [-0.4, -0.2) is 43.5 Å². The Morgan fingerprint density at radius 1 is 0.968 bits per heavy atom. The van der Waals surface area contributed by atoms with Crippen LogP contribution in [0.3, 0.4) is 0 Å². The second-order valence-corrected chi connectivity index (χ2v) is 8.36. The number of carbonyl (C=O) groups excluding carboxylic acids is 2. The first-order chi connectivity index (χ1) is 14.7. The van der Waals surface area contributed by atoms with E-state index in [1.54, 1.807) is 7.05 Å². The van der Waals surface area contributed by atoms with Gasteiger partial charge in [0.1, 0.15) is 0 Å². The lowest BCUT2D eigenvalue weighted by Crippen LogP contribution is -2.36. The van der Waals surface area contributed by atoms with Crippen molar-refractivity contribution in [2.24, 2.45) is 0 Å². The van der Waals surface area contributed by atoms with Crippen molar-refractivity contribution in [2.75, 3.05) is 32.1 Å². The van der Waals surface area contributed by atoms with Gasteiger partial charge in [-0.25, -0.2) is 0 Å². The van der Waals surface area contributed by atoms with Crippen LogP contribution in [0, 0.1) is 20.8 Å². The molecule has 2 amide bonds. The number of carbonyl (C=O) groups is 2. The predicted molar refractivity (Wildman–Crippen MR) is 127 cm³/mol. The van der Waals surface area contributed by atoms with E-state index in [-0.39, 0.29) is 24.8 Å². The van der Waals surface area contributed by atoms with Crippen molar-refractivity contribution in [3.05, 3.63) is 51.0 Å². The Kier molecular flexibility index (Phi) is 8.92. The van der Waals surface area contributed by atoms with Gasteiger partial charge in [0.25, 0.3) is 0 Å². The second kappa shape index (κ2) is 11.2. The maximum atomic E-state index is 12.8. The Morgan fingerprint density at radius 3 is 2.06 bits per heavy atom. The largest absolute Gasteiger partial charge is 0.490 e. The highest BCUT2D eigenvalue weighted by Crippen LogP contribution is 2.34. The van der Waals surface area contributed by atoms with Crippen LogP contribution in [0.1, 0.15) is 36.1 Å². The third-order valence-electron chi connectivity index (χ3n) is 4.80. The number of nitrogens with zero attached hydrogens (tertiary/aromatic N) is 1. The first-order valence-electron chi connectivity index (χ1n) is 10.4. The molecular weight excluding hydrogens is 460 g/mol. The Bertz CT molecular complexity index is 936. The van der Waals surface area contributed by atoms with Crippen molar-refractivity contribution in [3.8, 4) is 11.5 Å². The highest BCUT2D eigenvalue weighted by Gasteiger charge is 2.18. The number of ether oxygens (including phenoxy) is 2. The van der Waals surface area contributed by atoms with E-state index >= 15 is 0 Å². The number of anilines is 1. The maximum Gasteiger partial charge on any atom is 0.243 e. The van der Waals surface area contributed by atoms with E-state index < -0.39 is 0 Å². The monoisotopic (exact) mass is 490 g/mol. The SMILES string of the molecule is CCOc1cc(Br)c(CC(=O)N(C)CC(=O)Nc2c(C)cc(C)cc2C)cc1OCC. The molecule has 0 saturated heterocycles. The number of rotatable bonds is 9. The molecule has 1 N–H and O–H groups in total. The maximum absolute atomic E-state index is 12.8. The van der Waals surface area contributed by atoms with E-state index in [1.807, 2.05) is 58.9 Å². The minimum atomic E-state index is -0.230. The highest BCUT2D eigenvalue weighted by atomic mass is 79.9. The average Bonchev–Trinajstić information content (AvgIpc) is 2.68. The fourth-order valence-electron chi connectivity index (χ4n) is 3.41. The van der Waals surface area contributed by atoms with E-state index in [4.69, 9.17) is 9.47 Å². The van der Waals surface area contributed by atoms with Crippen molar-refractivity contribution in [2.45, 2.75) is 41.0 Å². The molecule has 0 heterocycles. The molecule has 168 valence electrons.